The molecule has 0 aromatic heterocycles. The Morgan fingerprint density at radius 2 is 1.67 bits per heavy atom. The zero-order valence-electron chi connectivity index (χ0n) is 6.59. The van der Waals surface area contributed by atoms with E-state index in [1.807, 2.05) is 0 Å². The molecule has 0 aromatic rings. The first-order valence-corrected chi connectivity index (χ1v) is 2.73. The first kappa shape index (κ1) is 18.6. The fourth-order valence-corrected chi connectivity index (χ4v) is 0.416. The first-order valence-electron chi connectivity index (χ1n) is 2.73. The number of aliphatic hydroxyl groups is 4. The summed E-state index contributed by atoms with van der Waals surface area (Å²) >= 11 is 0. The number of aldehydes is 1. The maximum Gasteiger partial charge on any atom is 1.00 e. The molecule has 0 saturated carbocycles. The van der Waals surface area contributed by atoms with Crippen molar-refractivity contribution in [2.75, 3.05) is 6.61 Å². The second-order valence-corrected chi connectivity index (χ2v) is 1.87. The van der Waals surface area contributed by atoms with Crippen molar-refractivity contribution in [1.29, 1.82) is 0 Å². The molecule has 0 rings (SSSR count). The van der Waals surface area contributed by atoms with E-state index >= 15 is 0 Å². The van der Waals surface area contributed by atoms with Gasteiger partial charge in [-0.25, -0.2) is 0 Å². The van der Waals surface area contributed by atoms with Crippen LogP contribution >= 0.6 is 0 Å². The Labute approximate surface area is 98.1 Å². The van der Waals surface area contributed by atoms with Gasteiger partial charge < -0.3 is 37.6 Å². The molecule has 12 heavy (non-hydrogen) atoms. The van der Waals surface area contributed by atoms with Crippen LogP contribution in [-0.2, 0) is 4.79 Å². The van der Waals surface area contributed by atoms with E-state index in [9.17, 15) is 4.79 Å². The standard InChI is InChI=1S/C5H10O5.ClH.Na/c6-1-3(8)5(10)4(9)2-7;;/h1,3-5,7-10H,2H2;1H;/q;;+1/p-1/t3-,4+,5+;;/m0../s1. The molecule has 7 heteroatoms. The van der Waals surface area contributed by atoms with Crippen LogP contribution in [0, 0.1) is 0 Å². The minimum absolute atomic E-state index is 0. The van der Waals surface area contributed by atoms with Gasteiger partial charge in [0.05, 0.1) is 6.61 Å². The van der Waals surface area contributed by atoms with Gasteiger partial charge in [0.15, 0.2) is 6.29 Å². The average molecular weight is 209 g/mol. The van der Waals surface area contributed by atoms with E-state index in [1.54, 1.807) is 0 Å². The molecule has 0 fully saturated rings. The van der Waals surface area contributed by atoms with Crippen LogP contribution in [-0.4, -0.2) is 51.6 Å². The third kappa shape index (κ3) is 6.33. The number of carbonyl (C=O) groups is 1. The van der Waals surface area contributed by atoms with Gasteiger partial charge >= 0.3 is 29.6 Å². The van der Waals surface area contributed by atoms with Gasteiger partial charge in [0.25, 0.3) is 0 Å². The maximum absolute atomic E-state index is 9.76. The zero-order valence-corrected chi connectivity index (χ0v) is 9.35. The number of carbonyl (C=O) groups excluding carboxylic acids is 1. The van der Waals surface area contributed by atoms with Crippen molar-refractivity contribution in [2.24, 2.45) is 0 Å². The Bertz CT molecular complexity index is 114. The van der Waals surface area contributed by atoms with E-state index in [4.69, 9.17) is 20.4 Å². The first-order chi connectivity index (χ1) is 4.63. The molecule has 0 radical (unpaired) electrons. The summed E-state index contributed by atoms with van der Waals surface area (Å²) in [4.78, 5) is 9.76. The summed E-state index contributed by atoms with van der Waals surface area (Å²) in [6.45, 7) is -0.688. The monoisotopic (exact) mass is 208 g/mol. The fourth-order valence-electron chi connectivity index (χ4n) is 0.416. The molecule has 0 spiro atoms. The van der Waals surface area contributed by atoms with Crippen molar-refractivity contribution in [1.82, 2.24) is 0 Å². The normalized spacial score (nSPS) is 16.3. The smallest absolute Gasteiger partial charge is 1.00 e. The molecule has 0 bridgehead atoms. The zero-order chi connectivity index (χ0) is 8.15. The molecule has 0 aliphatic carbocycles. The molecule has 3 atom stereocenters. The van der Waals surface area contributed by atoms with Gasteiger partial charge in [-0.15, -0.1) is 0 Å². The Hall–Kier alpha value is 0.800. The molecule has 0 aliphatic heterocycles. The van der Waals surface area contributed by atoms with Crippen LogP contribution in [0.25, 0.3) is 0 Å². The molecule has 0 aliphatic rings. The summed E-state index contributed by atoms with van der Waals surface area (Å²) in [5.41, 5.74) is 0. The fraction of sp³-hybridized carbons (Fsp3) is 0.800. The van der Waals surface area contributed by atoms with Crippen LogP contribution in [0.3, 0.4) is 0 Å². The minimum Gasteiger partial charge on any atom is -1.00 e. The molecule has 4 N–H and O–H groups in total. The van der Waals surface area contributed by atoms with E-state index in [0.29, 0.717) is 0 Å². The Kier molecular flexibility index (Phi) is 15.3. The molecule has 5 nitrogen and oxygen atoms in total. The molecule has 0 unspecified atom stereocenters. The minimum atomic E-state index is -1.64. The molecule has 0 aromatic carbocycles. The average Bonchev–Trinajstić information content (AvgIpc) is 2.00. The quantitative estimate of drug-likeness (QED) is 0.272. The third-order valence-corrected chi connectivity index (χ3v) is 1.07. The van der Waals surface area contributed by atoms with Gasteiger partial charge in [-0.2, -0.15) is 0 Å². The van der Waals surface area contributed by atoms with Crippen molar-refractivity contribution < 1.29 is 67.2 Å². The Morgan fingerprint density at radius 1 is 1.25 bits per heavy atom. The summed E-state index contributed by atoms with van der Waals surface area (Å²) in [6.07, 6.45) is -4.63. The van der Waals surface area contributed by atoms with E-state index in [-0.39, 0.29) is 48.3 Å². The van der Waals surface area contributed by atoms with Gasteiger partial charge in [-0.3, -0.25) is 0 Å². The summed E-state index contributed by atoms with van der Waals surface area (Å²) < 4.78 is 0. The Balaban J connectivity index is -0.000000405. The topological polar surface area (TPSA) is 98.0 Å². The van der Waals surface area contributed by atoms with Crippen molar-refractivity contribution in [2.45, 2.75) is 18.3 Å². The summed E-state index contributed by atoms with van der Waals surface area (Å²) in [6, 6.07) is 0. The van der Waals surface area contributed by atoms with Crippen molar-refractivity contribution in [3.8, 4) is 0 Å². The second-order valence-electron chi connectivity index (χ2n) is 1.87. The van der Waals surface area contributed by atoms with Gasteiger partial charge in [0.1, 0.15) is 18.3 Å². The van der Waals surface area contributed by atoms with Crippen LogP contribution in [0.4, 0.5) is 0 Å². The van der Waals surface area contributed by atoms with Crippen LogP contribution in [0.2, 0.25) is 0 Å². The van der Waals surface area contributed by atoms with Gasteiger partial charge in [0, 0.05) is 0 Å². The second kappa shape index (κ2) is 9.88. The summed E-state index contributed by atoms with van der Waals surface area (Å²) in [5.74, 6) is 0. The molecule has 0 amide bonds. The molecular weight excluding hydrogens is 198 g/mol. The number of aliphatic hydroxyl groups excluding tert-OH is 4. The Morgan fingerprint density at radius 3 is 1.92 bits per heavy atom. The van der Waals surface area contributed by atoms with Crippen LogP contribution < -0.4 is 42.0 Å². The predicted molar refractivity (Wildman–Crippen MR) is 31.2 cm³/mol. The number of hydrogen-bond donors (Lipinski definition) is 4. The van der Waals surface area contributed by atoms with Crippen molar-refractivity contribution in [3.63, 3.8) is 0 Å². The van der Waals surface area contributed by atoms with E-state index in [1.165, 1.54) is 0 Å². The van der Waals surface area contributed by atoms with E-state index in [2.05, 4.69) is 0 Å². The van der Waals surface area contributed by atoms with Crippen LogP contribution in [0.1, 0.15) is 0 Å². The largest absolute Gasteiger partial charge is 1.00 e. The predicted octanol–water partition coefficient (Wildman–Crippen LogP) is -8.73. The molecule has 68 valence electrons. The van der Waals surface area contributed by atoms with Gasteiger partial charge in [-0.1, -0.05) is 0 Å². The maximum atomic E-state index is 9.76. The van der Waals surface area contributed by atoms with Crippen molar-refractivity contribution >= 4 is 6.29 Å². The van der Waals surface area contributed by atoms with E-state index in [0.717, 1.165) is 0 Å². The molecule has 0 heterocycles. The number of halogens is 1. The summed E-state index contributed by atoms with van der Waals surface area (Å²) in [5, 5.41) is 34.1. The van der Waals surface area contributed by atoms with Crippen molar-refractivity contribution in [3.05, 3.63) is 0 Å². The van der Waals surface area contributed by atoms with Crippen LogP contribution in [0.5, 0.6) is 0 Å². The number of rotatable bonds is 4. The molecule has 0 saturated heterocycles. The third-order valence-electron chi connectivity index (χ3n) is 1.07. The van der Waals surface area contributed by atoms with Crippen LogP contribution in [0.15, 0.2) is 0 Å². The van der Waals surface area contributed by atoms with Gasteiger partial charge in [-0.05, 0) is 0 Å². The summed E-state index contributed by atoms with van der Waals surface area (Å²) in [7, 11) is 0. The SMILES string of the molecule is O=C[C@H](O)[C@@H](O)[C@H](O)CO.[Cl-].[Na+]. The van der Waals surface area contributed by atoms with E-state index < -0.39 is 24.9 Å². The van der Waals surface area contributed by atoms with Gasteiger partial charge in [0.2, 0.25) is 0 Å². The number of hydrogen-bond acceptors (Lipinski definition) is 5. The molecular formula is C5H10ClNaO5.